The molecule has 0 aromatic rings. The molecule has 1 amide bonds. The third kappa shape index (κ3) is 19.2. The predicted molar refractivity (Wildman–Crippen MR) is 180 cm³/mol. The van der Waals surface area contributed by atoms with Crippen LogP contribution in [0.25, 0.3) is 0 Å². The number of nitrogens with one attached hydrogen (secondary N) is 1. The number of carbonyl (C=O) groups is 2. The monoisotopic (exact) mass is 665 g/mol. The minimum Gasteiger partial charge on any atom is -0.464 e. The highest BCUT2D eigenvalue weighted by Gasteiger charge is 2.43. The Bertz CT molecular complexity index is 717. The zero-order valence-corrected chi connectivity index (χ0v) is 29.1. The van der Waals surface area contributed by atoms with Crippen molar-refractivity contribution in [2.45, 2.75) is 178 Å². The van der Waals surface area contributed by atoms with Gasteiger partial charge in [0.1, 0.15) is 35.9 Å². The molecule has 9 nitrogen and oxygen atoms in total. The molecule has 0 radical (unpaired) electrons. The van der Waals surface area contributed by atoms with Crippen molar-refractivity contribution in [1.29, 1.82) is 0 Å². The first-order valence-electron chi connectivity index (χ1n) is 17.4. The standard InChI is InChI=1S/C33H63NO8S2/c1-3-5-7-9-11-13-15-17-19-21-23-41-32(40)26(34-28(36)22-20-18-16-14-12-10-8-6-4-2)25-43-44-33-31(39)30(38)29(37)27(24-35)42-33/h26-27,29-31,33,35,37-39H,3-25H2,1-2H3,(H,34,36)/t26?,27?,29-,30+,31-,33?/m1/s1. The summed E-state index contributed by atoms with van der Waals surface area (Å²) >= 11 is 0. The molecule has 1 heterocycles. The number of unbranched alkanes of at least 4 members (excludes halogenated alkanes) is 17. The van der Waals surface area contributed by atoms with E-state index >= 15 is 0 Å². The molecule has 6 atom stereocenters. The molecule has 11 heteroatoms. The van der Waals surface area contributed by atoms with Gasteiger partial charge in [-0.05, 0) is 12.8 Å². The highest BCUT2D eigenvalue weighted by atomic mass is 33.1. The molecule has 0 bridgehead atoms. The minimum atomic E-state index is -1.46. The summed E-state index contributed by atoms with van der Waals surface area (Å²) < 4.78 is 11.1. The molecule has 1 fully saturated rings. The molecular weight excluding hydrogens is 602 g/mol. The van der Waals surface area contributed by atoms with Crippen LogP contribution in [0.2, 0.25) is 0 Å². The lowest BCUT2D eigenvalue weighted by Gasteiger charge is -2.39. The van der Waals surface area contributed by atoms with E-state index in [1.165, 1.54) is 94.3 Å². The summed E-state index contributed by atoms with van der Waals surface area (Å²) in [5, 5.41) is 42.6. The minimum absolute atomic E-state index is 0.181. The second-order valence-corrected chi connectivity index (χ2v) is 14.6. The van der Waals surface area contributed by atoms with Gasteiger partial charge in [-0.25, -0.2) is 4.79 Å². The first kappa shape index (κ1) is 41.5. The summed E-state index contributed by atoms with van der Waals surface area (Å²) in [4.78, 5) is 25.7. The maximum atomic E-state index is 13.0. The van der Waals surface area contributed by atoms with E-state index in [2.05, 4.69) is 19.2 Å². The summed E-state index contributed by atoms with van der Waals surface area (Å²) in [5.74, 6) is -0.490. The van der Waals surface area contributed by atoms with E-state index < -0.39 is 48.5 Å². The second-order valence-electron chi connectivity index (χ2n) is 12.1. The fourth-order valence-corrected chi connectivity index (χ4v) is 7.77. The van der Waals surface area contributed by atoms with Crippen LogP contribution >= 0.6 is 21.6 Å². The summed E-state index contributed by atoms with van der Waals surface area (Å²) in [6.45, 7) is 4.25. The number of esters is 1. The quantitative estimate of drug-likeness (QED) is 0.0381. The van der Waals surface area contributed by atoms with E-state index in [0.29, 0.717) is 13.0 Å². The van der Waals surface area contributed by atoms with Gasteiger partial charge in [-0.15, -0.1) is 0 Å². The number of ether oxygens (including phenoxy) is 2. The lowest BCUT2D eigenvalue weighted by Crippen LogP contribution is -2.57. The van der Waals surface area contributed by atoms with Gasteiger partial charge in [0, 0.05) is 12.2 Å². The Labute approximate surface area is 274 Å². The molecule has 1 saturated heterocycles. The van der Waals surface area contributed by atoms with Gasteiger partial charge in [-0.2, -0.15) is 0 Å². The smallest absolute Gasteiger partial charge is 0.329 e. The highest BCUT2D eigenvalue weighted by Crippen LogP contribution is 2.36. The van der Waals surface area contributed by atoms with Crippen LogP contribution in [-0.2, 0) is 19.1 Å². The zero-order valence-electron chi connectivity index (χ0n) is 27.5. The van der Waals surface area contributed by atoms with Gasteiger partial charge in [0.25, 0.3) is 0 Å². The fraction of sp³-hybridized carbons (Fsp3) is 0.939. The van der Waals surface area contributed by atoms with E-state index in [-0.39, 0.29) is 11.7 Å². The third-order valence-electron chi connectivity index (χ3n) is 8.12. The number of hydrogen-bond acceptors (Lipinski definition) is 10. The zero-order chi connectivity index (χ0) is 32.4. The van der Waals surface area contributed by atoms with Crippen molar-refractivity contribution in [3.8, 4) is 0 Å². The SMILES string of the molecule is CCCCCCCCCCCCOC(=O)C(CSSC1OC(CO)[C@@H](O)[C@H](O)[C@H]1O)NC(=O)CCCCCCCCCCC. The van der Waals surface area contributed by atoms with Crippen LogP contribution < -0.4 is 5.32 Å². The molecule has 5 N–H and O–H groups in total. The van der Waals surface area contributed by atoms with Crippen molar-refractivity contribution < 1.29 is 39.5 Å². The van der Waals surface area contributed by atoms with Gasteiger partial charge in [-0.3, -0.25) is 4.79 Å². The number of amides is 1. The van der Waals surface area contributed by atoms with E-state index in [1.807, 2.05) is 0 Å². The van der Waals surface area contributed by atoms with Crippen molar-refractivity contribution in [3.63, 3.8) is 0 Å². The Kier molecular flexibility index (Phi) is 26.0. The molecule has 0 saturated carbocycles. The van der Waals surface area contributed by atoms with Crippen LogP contribution in [0.3, 0.4) is 0 Å². The lowest BCUT2D eigenvalue weighted by atomic mass is 10.0. The van der Waals surface area contributed by atoms with Crippen molar-refractivity contribution in [2.24, 2.45) is 0 Å². The molecule has 0 aliphatic carbocycles. The maximum Gasteiger partial charge on any atom is 0.329 e. The second kappa shape index (κ2) is 27.5. The number of aliphatic hydroxyl groups is 4. The molecule has 0 aromatic carbocycles. The van der Waals surface area contributed by atoms with Gasteiger partial charge < -0.3 is 35.2 Å². The molecular formula is C33H63NO8S2. The highest BCUT2D eigenvalue weighted by molar-refractivity contribution is 8.76. The third-order valence-corrected chi connectivity index (χ3v) is 10.7. The Morgan fingerprint density at radius 3 is 1.75 bits per heavy atom. The fourth-order valence-electron chi connectivity index (χ4n) is 5.22. The number of rotatable bonds is 28. The Morgan fingerprint density at radius 1 is 0.727 bits per heavy atom. The number of carbonyl (C=O) groups excluding carboxylic acids is 2. The van der Waals surface area contributed by atoms with Crippen molar-refractivity contribution in [1.82, 2.24) is 5.32 Å². The van der Waals surface area contributed by atoms with Gasteiger partial charge in [0.15, 0.2) is 0 Å². The Balaban J connectivity index is 2.45. The van der Waals surface area contributed by atoms with E-state index in [9.17, 15) is 30.0 Å². The van der Waals surface area contributed by atoms with E-state index in [1.54, 1.807) is 0 Å². The molecule has 44 heavy (non-hydrogen) atoms. The normalized spacial score (nSPS) is 22.5. The van der Waals surface area contributed by atoms with Crippen molar-refractivity contribution in [2.75, 3.05) is 19.0 Å². The first-order chi connectivity index (χ1) is 21.3. The van der Waals surface area contributed by atoms with E-state index in [0.717, 1.165) is 49.3 Å². The summed E-state index contributed by atoms with van der Waals surface area (Å²) in [7, 11) is 2.29. The lowest BCUT2D eigenvalue weighted by molar-refractivity contribution is -0.205. The van der Waals surface area contributed by atoms with Crippen LogP contribution in [0.5, 0.6) is 0 Å². The average molecular weight is 666 g/mol. The molecule has 260 valence electrons. The van der Waals surface area contributed by atoms with Crippen molar-refractivity contribution >= 4 is 33.5 Å². The van der Waals surface area contributed by atoms with Crippen LogP contribution in [-0.4, -0.2) is 87.2 Å². The molecule has 0 spiro atoms. The van der Waals surface area contributed by atoms with Crippen LogP contribution in [0.15, 0.2) is 0 Å². The Morgan fingerprint density at radius 2 is 1.23 bits per heavy atom. The van der Waals surface area contributed by atoms with E-state index in [4.69, 9.17) is 9.47 Å². The molecule has 3 unspecified atom stereocenters. The van der Waals surface area contributed by atoms with Crippen LogP contribution in [0, 0.1) is 0 Å². The van der Waals surface area contributed by atoms with Gasteiger partial charge >= 0.3 is 5.97 Å². The summed E-state index contributed by atoms with van der Waals surface area (Å²) in [5.41, 5.74) is -0.920. The molecule has 0 aromatic heterocycles. The Hall–Kier alpha value is -0.560. The summed E-state index contributed by atoms with van der Waals surface area (Å²) in [6.07, 6.45) is 17.3. The number of aliphatic hydroxyl groups excluding tert-OH is 4. The first-order valence-corrected chi connectivity index (χ1v) is 19.8. The van der Waals surface area contributed by atoms with Crippen LogP contribution in [0.1, 0.15) is 142 Å². The van der Waals surface area contributed by atoms with Gasteiger partial charge in [0.2, 0.25) is 5.91 Å². The van der Waals surface area contributed by atoms with Crippen LogP contribution in [0.4, 0.5) is 0 Å². The summed E-state index contributed by atoms with van der Waals surface area (Å²) in [6, 6.07) is -0.855. The maximum absolute atomic E-state index is 13.0. The molecule has 1 rings (SSSR count). The van der Waals surface area contributed by atoms with Gasteiger partial charge in [-0.1, -0.05) is 145 Å². The van der Waals surface area contributed by atoms with Crippen molar-refractivity contribution in [3.05, 3.63) is 0 Å². The molecule has 1 aliphatic heterocycles. The van der Waals surface area contributed by atoms with Gasteiger partial charge in [0.05, 0.1) is 13.2 Å². The topological polar surface area (TPSA) is 146 Å². The molecule has 1 aliphatic rings. The predicted octanol–water partition coefficient (Wildman–Crippen LogP) is 6.04. The number of hydrogen-bond donors (Lipinski definition) is 5. The largest absolute Gasteiger partial charge is 0.464 e. The average Bonchev–Trinajstić information content (AvgIpc) is 3.02.